The number of halogens is 3. The van der Waals surface area contributed by atoms with Crippen LogP contribution in [-0.2, 0) is 4.74 Å². The van der Waals surface area contributed by atoms with Crippen LogP contribution in [0.2, 0.25) is 0 Å². The van der Waals surface area contributed by atoms with Gasteiger partial charge in [0.2, 0.25) is 0 Å². The van der Waals surface area contributed by atoms with Crippen molar-refractivity contribution in [3.8, 4) is 0 Å². The van der Waals surface area contributed by atoms with Gasteiger partial charge in [-0.1, -0.05) is 31.9 Å². The van der Waals surface area contributed by atoms with Gasteiger partial charge in [0.05, 0.1) is 12.2 Å². The number of amides is 1. The van der Waals surface area contributed by atoms with E-state index in [4.69, 9.17) is 4.74 Å². The van der Waals surface area contributed by atoms with Crippen molar-refractivity contribution in [1.29, 1.82) is 0 Å². The molecule has 0 aliphatic rings. The fraction of sp³-hybridized carbons (Fsp3) is 0.417. The van der Waals surface area contributed by atoms with Crippen molar-refractivity contribution in [2.75, 3.05) is 25.1 Å². The lowest BCUT2D eigenvalue weighted by Crippen LogP contribution is -2.26. The largest absolute Gasteiger partial charge is 0.381 e. The van der Waals surface area contributed by atoms with Gasteiger partial charge in [-0.2, -0.15) is 0 Å². The van der Waals surface area contributed by atoms with Gasteiger partial charge in [-0.15, -0.1) is 0 Å². The van der Waals surface area contributed by atoms with Crippen molar-refractivity contribution in [2.24, 2.45) is 0 Å². The van der Waals surface area contributed by atoms with Crippen molar-refractivity contribution in [1.82, 2.24) is 5.32 Å². The first-order valence-corrected chi connectivity index (χ1v) is 8.51. The molecule has 1 rings (SSSR count). The van der Waals surface area contributed by atoms with Crippen LogP contribution in [0.5, 0.6) is 0 Å². The van der Waals surface area contributed by atoms with Crippen LogP contribution >= 0.6 is 54.5 Å². The number of alkyl halides is 1. The predicted octanol–water partition coefficient (Wildman–Crippen LogP) is 3.59. The van der Waals surface area contributed by atoms with E-state index in [1.165, 1.54) is 0 Å². The predicted molar refractivity (Wildman–Crippen MR) is 88.4 cm³/mol. The third-order valence-corrected chi connectivity index (χ3v) is 3.90. The Labute approximate surface area is 137 Å². The van der Waals surface area contributed by atoms with Crippen LogP contribution in [0.3, 0.4) is 0 Å². The van der Waals surface area contributed by atoms with Crippen LogP contribution in [-0.4, -0.2) is 31.0 Å². The maximum atomic E-state index is 11.9. The fourth-order valence-corrected chi connectivity index (χ4v) is 2.47. The van der Waals surface area contributed by atoms with E-state index in [2.05, 4.69) is 59.8 Å². The molecule has 1 aromatic carbocycles. The van der Waals surface area contributed by atoms with E-state index < -0.39 is 0 Å². The van der Waals surface area contributed by atoms with E-state index in [1.54, 1.807) is 0 Å². The first kappa shape index (κ1) is 16.4. The highest BCUT2D eigenvalue weighted by Crippen LogP contribution is 2.18. The average molecular weight is 491 g/mol. The summed E-state index contributed by atoms with van der Waals surface area (Å²) in [6.07, 6.45) is 0.823. The van der Waals surface area contributed by atoms with Crippen molar-refractivity contribution in [3.05, 3.63) is 31.8 Å². The van der Waals surface area contributed by atoms with Crippen LogP contribution in [0.15, 0.2) is 22.7 Å². The highest BCUT2D eigenvalue weighted by atomic mass is 127. The zero-order valence-corrected chi connectivity index (χ0v) is 15.0. The van der Waals surface area contributed by atoms with Crippen LogP contribution in [0.4, 0.5) is 0 Å². The highest BCUT2D eigenvalue weighted by Gasteiger charge is 2.09. The number of benzene rings is 1. The van der Waals surface area contributed by atoms with Crippen molar-refractivity contribution < 1.29 is 9.53 Å². The number of hydrogen-bond donors (Lipinski definition) is 1. The van der Waals surface area contributed by atoms with E-state index in [0.717, 1.165) is 19.8 Å². The number of ether oxygens (including phenoxy) is 1. The van der Waals surface area contributed by atoms with Gasteiger partial charge in [0.1, 0.15) is 0 Å². The maximum absolute atomic E-state index is 11.9. The summed E-state index contributed by atoms with van der Waals surface area (Å²) in [6.45, 7) is 2.00. The summed E-state index contributed by atoms with van der Waals surface area (Å²) < 4.78 is 7.16. The monoisotopic (exact) mass is 489 g/mol. The Morgan fingerprint density at radius 3 is 2.89 bits per heavy atom. The minimum atomic E-state index is -0.0406. The molecule has 0 radical (unpaired) electrons. The summed E-state index contributed by atoms with van der Waals surface area (Å²) in [5.41, 5.74) is 0.700. The summed E-state index contributed by atoms with van der Waals surface area (Å²) >= 11 is 8.81. The summed E-state index contributed by atoms with van der Waals surface area (Å²) in [6, 6.07) is 5.67. The molecule has 18 heavy (non-hydrogen) atoms. The zero-order chi connectivity index (χ0) is 13.4. The van der Waals surface area contributed by atoms with Crippen LogP contribution in [0.25, 0.3) is 0 Å². The Hall–Kier alpha value is 0.340. The second kappa shape index (κ2) is 9.28. The molecule has 1 aromatic rings. The molecule has 0 fully saturated rings. The molecule has 0 saturated heterocycles. The molecular weight excluding hydrogens is 477 g/mol. The summed E-state index contributed by atoms with van der Waals surface area (Å²) in [5.74, 6) is -0.0406. The van der Waals surface area contributed by atoms with E-state index >= 15 is 0 Å². The molecule has 1 N–H and O–H groups in total. The molecular formula is C12H14Br2INO2. The lowest BCUT2D eigenvalue weighted by atomic mass is 10.2. The highest BCUT2D eigenvalue weighted by molar-refractivity contribution is 14.1. The molecule has 0 aliphatic heterocycles. The van der Waals surface area contributed by atoms with Crippen LogP contribution in [0.1, 0.15) is 16.8 Å². The van der Waals surface area contributed by atoms with E-state index in [0.29, 0.717) is 25.3 Å². The van der Waals surface area contributed by atoms with Crippen LogP contribution < -0.4 is 5.32 Å². The second-order valence-corrected chi connectivity index (χ2v) is 6.41. The molecule has 0 aromatic heterocycles. The number of rotatable bonds is 7. The minimum Gasteiger partial charge on any atom is -0.381 e. The van der Waals surface area contributed by atoms with Gasteiger partial charge < -0.3 is 10.1 Å². The SMILES string of the molecule is O=C(NCCCOCCBr)c1cc(Br)ccc1I. The molecule has 0 aliphatic carbocycles. The van der Waals surface area contributed by atoms with Crippen molar-refractivity contribution in [2.45, 2.75) is 6.42 Å². The quantitative estimate of drug-likeness (QED) is 0.360. The third kappa shape index (κ3) is 5.99. The lowest BCUT2D eigenvalue weighted by molar-refractivity contribution is 0.0944. The second-order valence-electron chi connectivity index (χ2n) is 3.53. The van der Waals surface area contributed by atoms with Gasteiger partial charge in [0, 0.05) is 26.5 Å². The maximum Gasteiger partial charge on any atom is 0.252 e. The van der Waals surface area contributed by atoms with Crippen molar-refractivity contribution >= 4 is 60.4 Å². The van der Waals surface area contributed by atoms with E-state index in [9.17, 15) is 4.79 Å². The normalized spacial score (nSPS) is 10.4. The van der Waals surface area contributed by atoms with Gasteiger partial charge in [-0.3, -0.25) is 4.79 Å². The first-order valence-electron chi connectivity index (χ1n) is 5.52. The van der Waals surface area contributed by atoms with Crippen molar-refractivity contribution in [3.63, 3.8) is 0 Å². The Bertz CT molecular complexity index is 402. The molecule has 100 valence electrons. The number of carbonyl (C=O) groups is 1. The lowest BCUT2D eigenvalue weighted by Gasteiger charge is -2.07. The first-order chi connectivity index (χ1) is 8.65. The molecule has 1 amide bonds. The average Bonchev–Trinajstić information content (AvgIpc) is 2.36. The van der Waals surface area contributed by atoms with E-state index in [1.807, 2.05) is 18.2 Å². The van der Waals surface area contributed by atoms with Gasteiger partial charge in [-0.05, 0) is 47.2 Å². The standard InChI is InChI=1S/C12H14Br2INO2/c13-4-7-18-6-1-5-16-12(17)10-8-9(14)2-3-11(10)15/h2-3,8H,1,4-7H2,(H,16,17). The number of hydrogen-bond acceptors (Lipinski definition) is 2. The third-order valence-electron chi connectivity index (χ3n) is 2.15. The Kier molecular flexibility index (Phi) is 8.45. The fourth-order valence-electron chi connectivity index (χ4n) is 1.30. The van der Waals surface area contributed by atoms with Crippen LogP contribution in [0, 0.1) is 3.57 Å². The summed E-state index contributed by atoms with van der Waals surface area (Å²) in [4.78, 5) is 11.9. The van der Waals surface area contributed by atoms with Gasteiger partial charge >= 0.3 is 0 Å². The summed E-state index contributed by atoms with van der Waals surface area (Å²) in [5, 5.41) is 3.73. The topological polar surface area (TPSA) is 38.3 Å². The Morgan fingerprint density at radius 1 is 1.39 bits per heavy atom. The Balaban J connectivity index is 2.34. The molecule has 0 bridgehead atoms. The van der Waals surface area contributed by atoms with Gasteiger partial charge in [0.15, 0.2) is 0 Å². The molecule has 6 heteroatoms. The summed E-state index contributed by atoms with van der Waals surface area (Å²) in [7, 11) is 0. The zero-order valence-electron chi connectivity index (χ0n) is 9.72. The molecule has 0 saturated carbocycles. The van der Waals surface area contributed by atoms with Gasteiger partial charge in [0.25, 0.3) is 5.91 Å². The molecule has 0 atom stereocenters. The molecule has 0 unspecified atom stereocenters. The minimum absolute atomic E-state index is 0.0406. The van der Waals surface area contributed by atoms with Gasteiger partial charge in [-0.25, -0.2) is 0 Å². The van der Waals surface area contributed by atoms with E-state index in [-0.39, 0.29) is 5.91 Å². The number of carbonyl (C=O) groups excluding carboxylic acids is 1. The Morgan fingerprint density at radius 2 is 2.17 bits per heavy atom. The number of nitrogens with one attached hydrogen (secondary N) is 1. The molecule has 0 spiro atoms. The molecule has 0 heterocycles. The molecule has 3 nitrogen and oxygen atoms in total. The smallest absolute Gasteiger partial charge is 0.252 e.